The van der Waals surface area contributed by atoms with Crippen LogP contribution in [0.15, 0.2) is 11.4 Å². The largest absolute Gasteiger partial charge is 0.383 e. The predicted octanol–water partition coefficient (Wildman–Crippen LogP) is 6.68. The maximum Gasteiger partial charge on any atom is 0.110 e. The van der Waals surface area contributed by atoms with E-state index in [0.717, 1.165) is 35.5 Å². The highest BCUT2D eigenvalue weighted by atomic mass is 32.1. The third-order valence-electron chi connectivity index (χ3n) is 10.8. The first kappa shape index (κ1) is 17.4. The van der Waals surface area contributed by atoms with Crippen LogP contribution in [-0.4, -0.2) is 5.11 Å². The summed E-state index contributed by atoms with van der Waals surface area (Å²) in [6.45, 7) is 2.29. The Morgan fingerprint density at radius 3 is 1.39 bits per heavy atom. The average molecular weight is 397 g/mol. The molecule has 0 spiro atoms. The summed E-state index contributed by atoms with van der Waals surface area (Å²) in [5.41, 5.74) is 1.20. The Labute approximate surface area is 174 Å². The zero-order valence-electron chi connectivity index (χ0n) is 17.5. The van der Waals surface area contributed by atoms with E-state index in [4.69, 9.17) is 0 Å². The van der Waals surface area contributed by atoms with Gasteiger partial charge in [0.15, 0.2) is 0 Å². The van der Waals surface area contributed by atoms with E-state index >= 15 is 0 Å². The monoisotopic (exact) mass is 396 g/mol. The van der Waals surface area contributed by atoms with Crippen molar-refractivity contribution in [3.8, 4) is 0 Å². The van der Waals surface area contributed by atoms with Crippen molar-refractivity contribution in [1.29, 1.82) is 0 Å². The number of rotatable bonds is 3. The summed E-state index contributed by atoms with van der Waals surface area (Å²) in [7, 11) is 0. The van der Waals surface area contributed by atoms with E-state index < -0.39 is 5.60 Å². The molecule has 9 rings (SSSR count). The number of hydrogen-bond donors (Lipinski definition) is 1. The lowest BCUT2D eigenvalue weighted by Crippen LogP contribution is -2.66. The van der Waals surface area contributed by atoms with Crippen molar-refractivity contribution >= 4 is 11.3 Å². The maximum atomic E-state index is 13.3. The molecular weight excluding hydrogens is 360 g/mol. The SMILES string of the molecule is Cc1ccsc1C(O)(C12CC3CC(CC(C3)C1)C2)C12CC3CC(CC(C3)C1)C2. The van der Waals surface area contributed by atoms with Crippen molar-refractivity contribution in [1.82, 2.24) is 0 Å². The van der Waals surface area contributed by atoms with Crippen molar-refractivity contribution < 1.29 is 5.11 Å². The first-order valence-electron chi connectivity index (χ1n) is 12.3. The zero-order chi connectivity index (χ0) is 18.7. The molecular formula is C26H36OS. The minimum Gasteiger partial charge on any atom is -0.383 e. The van der Waals surface area contributed by atoms with E-state index in [2.05, 4.69) is 18.4 Å². The van der Waals surface area contributed by atoms with Gasteiger partial charge in [-0.15, -0.1) is 11.3 Å². The van der Waals surface area contributed by atoms with Gasteiger partial charge in [-0.1, -0.05) is 0 Å². The molecule has 1 heterocycles. The van der Waals surface area contributed by atoms with Crippen molar-refractivity contribution in [2.45, 2.75) is 89.6 Å². The Bertz CT molecular complexity index is 689. The Kier molecular flexibility index (Phi) is 3.39. The quantitative estimate of drug-likeness (QED) is 0.604. The van der Waals surface area contributed by atoms with Crippen LogP contribution in [0.25, 0.3) is 0 Å². The molecule has 0 aromatic carbocycles. The highest BCUT2D eigenvalue weighted by Crippen LogP contribution is 2.75. The van der Waals surface area contributed by atoms with Crippen LogP contribution >= 0.6 is 11.3 Å². The van der Waals surface area contributed by atoms with E-state index in [1.54, 1.807) is 0 Å². The second-order valence-corrected chi connectivity index (χ2v) is 13.5. The molecule has 1 nitrogen and oxygen atoms in total. The third-order valence-corrected chi connectivity index (χ3v) is 11.9. The van der Waals surface area contributed by atoms with Crippen LogP contribution in [0.5, 0.6) is 0 Å². The van der Waals surface area contributed by atoms with Crippen molar-refractivity contribution in [2.75, 3.05) is 0 Å². The Morgan fingerprint density at radius 2 is 1.11 bits per heavy atom. The van der Waals surface area contributed by atoms with Gasteiger partial charge in [-0.05, 0) is 136 Å². The van der Waals surface area contributed by atoms with E-state index in [1.807, 2.05) is 11.3 Å². The molecule has 8 aliphatic rings. The highest BCUT2D eigenvalue weighted by Gasteiger charge is 2.70. The van der Waals surface area contributed by atoms with Gasteiger partial charge in [-0.3, -0.25) is 0 Å². The molecule has 8 saturated carbocycles. The van der Waals surface area contributed by atoms with Gasteiger partial charge in [0.25, 0.3) is 0 Å². The topological polar surface area (TPSA) is 20.2 Å². The molecule has 8 aliphatic carbocycles. The molecule has 28 heavy (non-hydrogen) atoms. The van der Waals surface area contributed by atoms with Crippen LogP contribution < -0.4 is 0 Å². The summed E-state index contributed by atoms with van der Waals surface area (Å²) in [5, 5.41) is 15.6. The number of thiophene rings is 1. The smallest absolute Gasteiger partial charge is 0.110 e. The Hall–Kier alpha value is -0.340. The molecule has 152 valence electrons. The molecule has 1 N–H and O–H groups in total. The molecule has 0 unspecified atom stereocenters. The lowest BCUT2D eigenvalue weighted by Gasteiger charge is -2.70. The summed E-state index contributed by atoms with van der Waals surface area (Å²) in [4.78, 5) is 1.40. The Morgan fingerprint density at radius 1 is 0.750 bits per heavy atom. The summed E-state index contributed by atoms with van der Waals surface area (Å²) in [5.74, 6) is 5.46. The molecule has 0 aliphatic heterocycles. The molecule has 0 radical (unpaired) electrons. The van der Waals surface area contributed by atoms with Crippen LogP contribution in [0.1, 0.15) is 87.5 Å². The van der Waals surface area contributed by atoms with Gasteiger partial charge in [-0.25, -0.2) is 0 Å². The van der Waals surface area contributed by atoms with Gasteiger partial charge in [0, 0.05) is 15.7 Å². The minimum absolute atomic E-state index is 0.184. The fourth-order valence-corrected chi connectivity index (χ4v) is 12.2. The number of hydrogen-bond acceptors (Lipinski definition) is 2. The van der Waals surface area contributed by atoms with Gasteiger partial charge in [0.1, 0.15) is 5.60 Å². The molecule has 0 amide bonds. The summed E-state index contributed by atoms with van der Waals surface area (Å²) in [6.07, 6.45) is 16.8. The van der Waals surface area contributed by atoms with E-state index in [-0.39, 0.29) is 10.8 Å². The third kappa shape index (κ3) is 2.03. The molecule has 0 saturated heterocycles. The van der Waals surface area contributed by atoms with Gasteiger partial charge in [0.05, 0.1) is 0 Å². The molecule has 2 heteroatoms. The first-order valence-corrected chi connectivity index (χ1v) is 13.1. The van der Waals surface area contributed by atoms with E-state index in [1.165, 1.54) is 87.5 Å². The van der Waals surface area contributed by atoms with E-state index in [9.17, 15) is 5.11 Å². The molecule has 0 atom stereocenters. The lowest BCUT2D eigenvalue weighted by atomic mass is 9.36. The molecule has 8 bridgehead atoms. The first-order chi connectivity index (χ1) is 13.5. The van der Waals surface area contributed by atoms with Crippen molar-refractivity contribution in [3.63, 3.8) is 0 Å². The number of aliphatic hydroxyl groups is 1. The van der Waals surface area contributed by atoms with Crippen LogP contribution in [-0.2, 0) is 5.60 Å². The van der Waals surface area contributed by atoms with Gasteiger partial charge < -0.3 is 5.11 Å². The summed E-state index contributed by atoms with van der Waals surface area (Å²) < 4.78 is 0. The van der Waals surface area contributed by atoms with Crippen LogP contribution in [0.4, 0.5) is 0 Å². The van der Waals surface area contributed by atoms with Gasteiger partial charge in [-0.2, -0.15) is 0 Å². The molecule has 1 aromatic rings. The van der Waals surface area contributed by atoms with Crippen molar-refractivity contribution in [2.24, 2.45) is 46.3 Å². The zero-order valence-corrected chi connectivity index (χ0v) is 18.3. The summed E-state index contributed by atoms with van der Waals surface area (Å²) in [6, 6.07) is 2.30. The molecule has 8 fully saturated rings. The number of aryl methyl sites for hydroxylation is 1. The normalized spacial score (nSPS) is 52.9. The average Bonchev–Trinajstić information content (AvgIpc) is 3.05. The van der Waals surface area contributed by atoms with Gasteiger partial charge in [0.2, 0.25) is 0 Å². The van der Waals surface area contributed by atoms with Crippen LogP contribution in [0.3, 0.4) is 0 Å². The van der Waals surface area contributed by atoms with Crippen LogP contribution in [0.2, 0.25) is 0 Å². The maximum absolute atomic E-state index is 13.3. The predicted molar refractivity (Wildman–Crippen MR) is 114 cm³/mol. The second kappa shape index (κ2) is 5.47. The minimum atomic E-state index is -0.551. The summed E-state index contributed by atoms with van der Waals surface area (Å²) >= 11 is 1.90. The molecule has 1 aromatic heterocycles. The van der Waals surface area contributed by atoms with Crippen molar-refractivity contribution in [3.05, 3.63) is 21.9 Å². The van der Waals surface area contributed by atoms with E-state index in [0.29, 0.717) is 0 Å². The second-order valence-electron chi connectivity index (χ2n) is 12.5. The fraction of sp³-hybridized carbons (Fsp3) is 0.846. The fourth-order valence-electron chi connectivity index (χ4n) is 10.9. The standard InChI is InChI=1S/C26H36OS/c1-16-2-3-28-23(16)26(27,24-10-17-4-18(11-24)6-19(5-17)12-24)25-13-20-7-21(14-25)9-22(8-20)15-25/h2-3,17-22,27H,4-15H2,1H3. The van der Waals surface area contributed by atoms with Gasteiger partial charge >= 0.3 is 0 Å². The lowest BCUT2D eigenvalue weighted by molar-refractivity contribution is -0.276. The Balaban J connectivity index is 1.43. The highest BCUT2D eigenvalue weighted by molar-refractivity contribution is 7.10. The van der Waals surface area contributed by atoms with Crippen LogP contribution in [0, 0.1) is 53.3 Å².